The smallest absolute Gasteiger partial charge is 0.148 e. The largest absolute Gasteiger partial charge is 0.383 e. The number of hydrogen-bond acceptors (Lipinski definition) is 4. The van der Waals surface area contributed by atoms with E-state index in [2.05, 4.69) is 37.8 Å². The van der Waals surface area contributed by atoms with Gasteiger partial charge in [-0.1, -0.05) is 12.8 Å². The van der Waals surface area contributed by atoms with Gasteiger partial charge in [-0.25, -0.2) is 9.97 Å². The Morgan fingerprint density at radius 1 is 1.44 bits per heavy atom. The van der Waals surface area contributed by atoms with E-state index in [1.54, 1.807) is 0 Å². The lowest BCUT2D eigenvalue weighted by Gasteiger charge is -2.23. The Balaban J connectivity index is 2.07. The minimum absolute atomic E-state index is 0.503. The van der Waals surface area contributed by atoms with Crippen LogP contribution in [0.5, 0.6) is 0 Å². The summed E-state index contributed by atoms with van der Waals surface area (Å²) < 4.78 is 0.801. The second-order valence-electron chi connectivity index (χ2n) is 4.43. The molecular formula is C11H17BrN4. The first-order chi connectivity index (χ1) is 7.68. The van der Waals surface area contributed by atoms with E-state index >= 15 is 0 Å². The third kappa shape index (κ3) is 2.45. The van der Waals surface area contributed by atoms with Gasteiger partial charge in [0.25, 0.3) is 0 Å². The number of aromatic nitrogens is 2. The van der Waals surface area contributed by atoms with Crippen molar-refractivity contribution in [1.82, 2.24) is 9.97 Å². The van der Waals surface area contributed by atoms with Crippen molar-refractivity contribution in [2.24, 2.45) is 5.92 Å². The van der Waals surface area contributed by atoms with Gasteiger partial charge in [0.2, 0.25) is 0 Å². The molecule has 2 rings (SSSR count). The van der Waals surface area contributed by atoms with Crippen LogP contribution in [0.25, 0.3) is 0 Å². The maximum atomic E-state index is 5.74. The van der Waals surface area contributed by atoms with Gasteiger partial charge in [0.15, 0.2) is 0 Å². The fourth-order valence-electron chi connectivity index (χ4n) is 2.31. The van der Waals surface area contributed by atoms with Crippen molar-refractivity contribution >= 4 is 27.6 Å². The van der Waals surface area contributed by atoms with E-state index in [0.29, 0.717) is 5.82 Å². The summed E-state index contributed by atoms with van der Waals surface area (Å²) in [5.74, 6) is 2.19. The zero-order valence-corrected chi connectivity index (χ0v) is 11.1. The molecule has 0 radical (unpaired) electrons. The van der Waals surface area contributed by atoms with Crippen molar-refractivity contribution in [3.63, 3.8) is 0 Å². The fraction of sp³-hybridized carbons (Fsp3) is 0.636. The molecule has 1 heterocycles. The summed E-state index contributed by atoms with van der Waals surface area (Å²) >= 11 is 3.44. The summed E-state index contributed by atoms with van der Waals surface area (Å²) in [6.45, 7) is 1.05. The molecule has 0 aliphatic heterocycles. The van der Waals surface area contributed by atoms with Gasteiger partial charge in [-0.15, -0.1) is 0 Å². The van der Waals surface area contributed by atoms with Gasteiger partial charge >= 0.3 is 0 Å². The highest BCUT2D eigenvalue weighted by Crippen LogP contribution is 2.30. The van der Waals surface area contributed by atoms with Crippen molar-refractivity contribution in [2.45, 2.75) is 25.7 Å². The van der Waals surface area contributed by atoms with Crippen LogP contribution in [0.2, 0.25) is 0 Å². The molecule has 4 nitrogen and oxygen atoms in total. The van der Waals surface area contributed by atoms with Crippen LogP contribution in [0.15, 0.2) is 10.8 Å². The summed E-state index contributed by atoms with van der Waals surface area (Å²) in [6, 6.07) is 0. The van der Waals surface area contributed by atoms with Crippen molar-refractivity contribution in [1.29, 1.82) is 0 Å². The standard InChI is InChI=1S/C11H17BrN4/c1-16(6-8-4-2-3-5-8)11-9(12)10(13)14-7-15-11/h7-8H,2-6H2,1H3,(H2,13,14,15). The number of hydrogen-bond donors (Lipinski definition) is 1. The maximum absolute atomic E-state index is 5.74. The lowest BCUT2D eigenvalue weighted by atomic mass is 10.1. The molecule has 2 N–H and O–H groups in total. The highest BCUT2D eigenvalue weighted by molar-refractivity contribution is 9.10. The number of nitrogens with two attached hydrogens (primary N) is 1. The lowest BCUT2D eigenvalue weighted by Crippen LogP contribution is -2.25. The molecule has 16 heavy (non-hydrogen) atoms. The van der Waals surface area contributed by atoms with Crippen LogP contribution >= 0.6 is 15.9 Å². The Bertz CT molecular complexity index is 363. The van der Waals surface area contributed by atoms with Crippen molar-refractivity contribution in [3.05, 3.63) is 10.8 Å². The minimum Gasteiger partial charge on any atom is -0.383 e. The van der Waals surface area contributed by atoms with Crippen molar-refractivity contribution in [3.8, 4) is 0 Å². The van der Waals surface area contributed by atoms with E-state index in [-0.39, 0.29) is 0 Å². The van der Waals surface area contributed by atoms with Crippen LogP contribution in [0, 0.1) is 5.92 Å². The van der Waals surface area contributed by atoms with E-state index in [0.717, 1.165) is 22.8 Å². The SMILES string of the molecule is CN(CC1CCCC1)c1ncnc(N)c1Br. The molecular weight excluding hydrogens is 268 g/mol. The highest BCUT2D eigenvalue weighted by Gasteiger charge is 2.19. The molecule has 1 aliphatic carbocycles. The first-order valence-electron chi connectivity index (χ1n) is 5.65. The molecule has 0 unspecified atom stereocenters. The van der Waals surface area contributed by atoms with Crippen LogP contribution in [-0.4, -0.2) is 23.6 Å². The van der Waals surface area contributed by atoms with Gasteiger partial charge in [0, 0.05) is 13.6 Å². The van der Waals surface area contributed by atoms with Crippen LogP contribution < -0.4 is 10.6 Å². The average Bonchev–Trinajstić information content (AvgIpc) is 2.74. The van der Waals surface area contributed by atoms with Gasteiger partial charge in [0.1, 0.15) is 22.4 Å². The topological polar surface area (TPSA) is 55.0 Å². The van der Waals surface area contributed by atoms with E-state index in [1.165, 1.54) is 32.0 Å². The van der Waals surface area contributed by atoms with Crippen LogP contribution in [0.1, 0.15) is 25.7 Å². The summed E-state index contributed by atoms with van der Waals surface area (Å²) in [5.41, 5.74) is 5.74. The second kappa shape index (κ2) is 4.99. The predicted octanol–water partition coefficient (Wildman–Crippen LogP) is 2.45. The van der Waals surface area contributed by atoms with Crippen LogP contribution in [0.4, 0.5) is 11.6 Å². The first kappa shape index (κ1) is 11.6. The third-order valence-corrected chi connectivity index (χ3v) is 3.93. The van der Waals surface area contributed by atoms with Gasteiger partial charge < -0.3 is 10.6 Å². The molecule has 0 atom stereocenters. The molecule has 0 bridgehead atoms. The number of nitrogen functional groups attached to an aromatic ring is 1. The molecule has 1 fully saturated rings. The number of nitrogens with zero attached hydrogens (tertiary/aromatic N) is 3. The highest BCUT2D eigenvalue weighted by atomic mass is 79.9. The van der Waals surface area contributed by atoms with Gasteiger partial charge in [-0.05, 0) is 34.7 Å². The summed E-state index contributed by atoms with van der Waals surface area (Å²) in [4.78, 5) is 10.4. The molecule has 5 heteroatoms. The Morgan fingerprint density at radius 3 is 2.81 bits per heavy atom. The summed E-state index contributed by atoms with van der Waals surface area (Å²) in [5, 5.41) is 0. The molecule has 1 aromatic rings. The fourth-order valence-corrected chi connectivity index (χ4v) is 2.81. The van der Waals surface area contributed by atoms with Crippen LogP contribution in [0.3, 0.4) is 0 Å². The Hall–Kier alpha value is -0.840. The van der Waals surface area contributed by atoms with E-state index < -0.39 is 0 Å². The molecule has 0 spiro atoms. The van der Waals surface area contributed by atoms with E-state index in [4.69, 9.17) is 5.73 Å². The van der Waals surface area contributed by atoms with Crippen LogP contribution in [-0.2, 0) is 0 Å². The molecule has 1 aromatic heterocycles. The number of halogens is 1. The van der Waals surface area contributed by atoms with Crippen molar-refractivity contribution < 1.29 is 0 Å². The van der Waals surface area contributed by atoms with Gasteiger partial charge in [-0.2, -0.15) is 0 Å². The lowest BCUT2D eigenvalue weighted by molar-refractivity contribution is 0.544. The Morgan fingerprint density at radius 2 is 2.12 bits per heavy atom. The molecule has 1 aliphatic rings. The maximum Gasteiger partial charge on any atom is 0.148 e. The number of rotatable bonds is 3. The normalized spacial score (nSPS) is 16.6. The Labute approximate surface area is 104 Å². The first-order valence-corrected chi connectivity index (χ1v) is 6.45. The second-order valence-corrected chi connectivity index (χ2v) is 5.22. The summed E-state index contributed by atoms with van der Waals surface area (Å²) in [7, 11) is 2.06. The molecule has 0 saturated heterocycles. The third-order valence-electron chi connectivity index (χ3n) is 3.17. The van der Waals surface area contributed by atoms with E-state index in [1.807, 2.05) is 0 Å². The molecule has 1 saturated carbocycles. The van der Waals surface area contributed by atoms with Gasteiger partial charge in [-0.3, -0.25) is 0 Å². The predicted molar refractivity (Wildman–Crippen MR) is 69.4 cm³/mol. The number of anilines is 2. The van der Waals surface area contributed by atoms with E-state index in [9.17, 15) is 0 Å². The van der Waals surface area contributed by atoms with Crippen molar-refractivity contribution in [2.75, 3.05) is 24.2 Å². The Kier molecular flexibility index (Phi) is 3.63. The molecule has 0 amide bonds. The zero-order chi connectivity index (χ0) is 11.5. The molecule has 88 valence electrons. The monoisotopic (exact) mass is 284 g/mol. The summed E-state index contributed by atoms with van der Waals surface area (Å²) in [6.07, 6.45) is 6.92. The zero-order valence-electron chi connectivity index (χ0n) is 9.49. The minimum atomic E-state index is 0.503. The van der Waals surface area contributed by atoms with Gasteiger partial charge in [0.05, 0.1) is 0 Å². The average molecular weight is 285 g/mol. The molecule has 0 aromatic carbocycles. The quantitative estimate of drug-likeness (QED) is 0.926.